The Kier molecular flexibility index (Phi) is 7.44. The van der Waals surface area contributed by atoms with E-state index in [4.69, 9.17) is 9.52 Å². The molecule has 7 nitrogen and oxygen atoms in total. The van der Waals surface area contributed by atoms with Crippen molar-refractivity contribution in [3.05, 3.63) is 40.9 Å². The number of aryl methyl sites for hydroxylation is 2. The van der Waals surface area contributed by atoms with Crippen molar-refractivity contribution in [3.8, 4) is 0 Å². The van der Waals surface area contributed by atoms with Crippen LogP contribution in [-0.4, -0.2) is 36.7 Å². The number of aliphatic imine (C=N–C) groups is 1. The van der Waals surface area contributed by atoms with E-state index in [2.05, 4.69) is 41.5 Å². The van der Waals surface area contributed by atoms with E-state index in [-0.39, 0.29) is 0 Å². The van der Waals surface area contributed by atoms with Crippen LogP contribution in [0.25, 0.3) is 0 Å². The fourth-order valence-electron chi connectivity index (χ4n) is 2.61. The highest BCUT2D eigenvalue weighted by Crippen LogP contribution is 2.16. The fourth-order valence-corrected chi connectivity index (χ4v) is 2.61. The number of anilines is 1. The Balaban J connectivity index is 2.07. The molecule has 0 fully saturated rings. The Morgan fingerprint density at radius 1 is 1.15 bits per heavy atom. The van der Waals surface area contributed by atoms with E-state index in [1.807, 2.05) is 37.2 Å². The molecule has 142 valence electrons. The van der Waals surface area contributed by atoms with Crippen molar-refractivity contribution in [2.24, 2.45) is 4.99 Å². The molecule has 2 aromatic rings. The summed E-state index contributed by atoms with van der Waals surface area (Å²) in [6.45, 7) is 8.16. The molecule has 0 unspecified atom stereocenters. The molecule has 0 aliphatic rings. The van der Waals surface area contributed by atoms with E-state index in [0.29, 0.717) is 13.1 Å². The van der Waals surface area contributed by atoms with Gasteiger partial charge in [-0.15, -0.1) is 0 Å². The quantitative estimate of drug-likeness (QED) is 0.558. The minimum Gasteiger partial charge on any atom is -0.363 e. The molecule has 0 amide bonds. The maximum atomic E-state index is 5.42. The van der Waals surface area contributed by atoms with Crippen molar-refractivity contribution in [1.82, 2.24) is 20.8 Å². The summed E-state index contributed by atoms with van der Waals surface area (Å²) in [7, 11) is 3.97. The van der Waals surface area contributed by atoms with E-state index >= 15 is 0 Å². The summed E-state index contributed by atoms with van der Waals surface area (Å²) in [6, 6.07) is 6.02. The molecule has 0 saturated heterocycles. The average molecular weight is 358 g/mol. The Morgan fingerprint density at radius 2 is 1.96 bits per heavy atom. The van der Waals surface area contributed by atoms with Crippen molar-refractivity contribution in [2.45, 2.75) is 46.7 Å². The van der Waals surface area contributed by atoms with Gasteiger partial charge >= 0.3 is 0 Å². The van der Waals surface area contributed by atoms with Gasteiger partial charge in [-0.3, -0.25) is 0 Å². The number of nitrogens with zero attached hydrogens (tertiary/aromatic N) is 4. The van der Waals surface area contributed by atoms with Crippen molar-refractivity contribution in [2.75, 3.05) is 25.5 Å². The largest absolute Gasteiger partial charge is 0.363 e. The van der Waals surface area contributed by atoms with Gasteiger partial charge in [0.15, 0.2) is 5.96 Å². The van der Waals surface area contributed by atoms with Crippen molar-refractivity contribution in [1.29, 1.82) is 0 Å². The van der Waals surface area contributed by atoms with Gasteiger partial charge in [-0.2, -0.15) is 0 Å². The lowest BCUT2D eigenvalue weighted by Crippen LogP contribution is -2.37. The number of hydrogen-bond donors (Lipinski definition) is 2. The summed E-state index contributed by atoms with van der Waals surface area (Å²) in [5, 5.41) is 10.8. The topological polar surface area (TPSA) is 78.6 Å². The Morgan fingerprint density at radius 3 is 2.62 bits per heavy atom. The van der Waals surface area contributed by atoms with Crippen LogP contribution in [0.15, 0.2) is 27.7 Å². The van der Waals surface area contributed by atoms with Gasteiger partial charge in [0, 0.05) is 32.6 Å². The predicted molar refractivity (Wildman–Crippen MR) is 105 cm³/mol. The van der Waals surface area contributed by atoms with Crippen LogP contribution in [0.4, 0.5) is 5.82 Å². The molecule has 0 aliphatic heterocycles. The van der Waals surface area contributed by atoms with Gasteiger partial charge in [-0.1, -0.05) is 25.1 Å². The predicted octanol–water partition coefficient (Wildman–Crippen LogP) is 2.52. The standard InChI is InChI=1S/C19H30N6O/c1-6-16-15(17(7-2)26-24-16)13-22-19(20-8-3)21-12-14-10-9-11-18(23-14)25(4)5/h9-11H,6-8,12-13H2,1-5H3,(H2,20,21,22). The minimum absolute atomic E-state index is 0.552. The van der Waals surface area contributed by atoms with Crippen molar-refractivity contribution >= 4 is 11.8 Å². The van der Waals surface area contributed by atoms with Gasteiger partial charge in [0.05, 0.1) is 24.5 Å². The van der Waals surface area contributed by atoms with E-state index in [0.717, 1.165) is 53.9 Å². The molecular formula is C19H30N6O. The summed E-state index contributed by atoms with van der Waals surface area (Å²) in [5.41, 5.74) is 3.05. The molecule has 0 atom stereocenters. The van der Waals surface area contributed by atoms with Crippen LogP contribution >= 0.6 is 0 Å². The Hall–Kier alpha value is -2.57. The molecule has 0 radical (unpaired) electrons. The molecular weight excluding hydrogens is 328 g/mol. The van der Waals surface area contributed by atoms with Gasteiger partial charge < -0.3 is 20.1 Å². The van der Waals surface area contributed by atoms with Gasteiger partial charge in [-0.25, -0.2) is 9.98 Å². The number of guanidine groups is 1. The summed E-state index contributed by atoms with van der Waals surface area (Å²) in [6.07, 6.45) is 1.67. The third-order valence-electron chi connectivity index (χ3n) is 4.03. The second-order valence-corrected chi connectivity index (χ2v) is 6.17. The summed E-state index contributed by atoms with van der Waals surface area (Å²) in [4.78, 5) is 11.3. The molecule has 2 rings (SSSR count). The lowest BCUT2D eigenvalue weighted by molar-refractivity contribution is 0.380. The third kappa shape index (κ3) is 5.21. The molecule has 0 aromatic carbocycles. The number of nitrogens with one attached hydrogen (secondary N) is 2. The van der Waals surface area contributed by atoms with E-state index in [9.17, 15) is 0 Å². The molecule has 0 aliphatic carbocycles. The minimum atomic E-state index is 0.552. The lowest BCUT2D eigenvalue weighted by atomic mass is 10.1. The second kappa shape index (κ2) is 9.79. The number of rotatable bonds is 8. The molecule has 0 saturated carbocycles. The fraction of sp³-hybridized carbons (Fsp3) is 0.526. The number of hydrogen-bond acceptors (Lipinski definition) is 5. The molecule has 7 heteroatoms. The molecule has 26 heavy (non-hydrogen) atoms. The van der Waals surface area contributed by atoms with Crippen LogP contribution in [0.5, 0.6) is 0 Å². The summed E-state index contributed by atoms with van der Waals surface area (Å²) >= 11 is 0. The highest BCUT2D eigenvalue weighted by molar-refractivity contribution is 5.79. The molecule has 2 N–H and O–H groups in total. The highest BCUT2D eigenvalue weighted by Gasteiger charge is 2.13. The van der Waals surface area contributed by atoms with E-state index in [1.165, 1.54) is 0 Å². The number of aromatic nitrogens is 2. The van der Waals surface area contributed by atoms with Gasteiger partial charge in [0.1, 0.15) is 11.6 Å². The zero-order valence-electron chi connectivity index (χ0n) is 16.5. The van der Waals surface area contributed by atoms with E-state index < -0.39 is 0 Å². The Bertz CT molecular complexity index is 701. The highest BCUT2D eigenvalue weighted by atomic mass is 16.5. The zero-order chi connectivity index (χ0) is 18.9. The van der Waals surface area contributed by atoms with Crippen molar-refractivity contribution < 1.29 is 4.52 Å². The first-order valence-electron chi connectivity index (χ1n) is 9.20. The molecule has 2 aromatic heterocycles. The first-order chi connectivity index (χ1) is 12.6. The molecule has 2 heterocycles. The zero-order valence-corrected chi connectivity index (χ0v) is 16.5. The maximum absolute atomic E-state index is 5.42. The van der Waals surface area contributed by atoms with E-state index in [1.54, 1.807) is 0 Å². The average Bonchev–Trinajstić information content (AvgIpc) is 3.06. The van der Waals surface area contributed by atoms with Crippen LogP contribution in [0.3, 0.4) is 0 Å². The maximum Gasteiger partial charge on any atom is 0.191 e. The monoisotopic (exact) mass is 358 g/mol. The third-order valence-corrected chi connectivity index (χ3v) is 4.03. The van der Waals surface area contributed by atoms with Crippen LogP contribution < -0.4 is 15.5 Å². The number of pyridine rings is 1. The first-order valence-corrected chi connectivity index (χ1v) is 9.20. The smallest absolute Gasteiger partial charge is 0.191 e. The van der Waals surface area contributed by atoms with Gasteiger partial charge in [0.25, 0.3) is 0 Å². The van der Waals surface area contributed by atoms with Gasteiger partial charge in [0.2, 0.25) is 0 Å². The second-order valence-electron chi connectivity index (χ2n) is 6.17. The van der Waals surface area contributed by atoms with Crippen molar-refractivity contribution in [3.63, 3.8) is 0 Å². The summed E-state index contributed by atoms with van der Waals surface area (Å²) < 4.78 is 5.42. The SMILES string of the molecule is CCNC(=NCc1c(CC)noc1CC)NCc1cccc(N(C)C)n1. The van der Waals surface area contributed by atoms with Crippen LogP contribution in [0.2, 0.25) is 0 Å². The van der Waals surface area contributed by atoms with Gasteiger partial charge in [-0.05, 0) is 25.5 Å². The Labute approximate surface area is 155 Å². The molecule has 0 bridgehead atoms. The van der Waals surface area contributed by atoms with Crippen LogP contribution in [0.1, 0.15) is 43.5 Å². The normalized spacial score (nSPS) is 11.5. The first kappa shape index (κ1) is 19.8. The summed E-state index contributed by atoms with van der Waals surface area (Å²) in [5.74, 6) is 2.62. The van der Waals surface area contributed by atoms with Crippen LogP contribution in [-0.2, 0) is 25.9 Å². The molecule has 0 spiro atoms. The lowest BCUT2D eigenvalue weighted by Gasteiger charge is -2.14. The van der Waals surface area contributed by atoms with Crippen LogP contribution in [0, 0.1) is 0 Å².